The topological polar surface area (TPSA) is 52.6 Å². The molecular formula is C17H21FN2O2S. The standard InChI is InChI=1S/C17H21FN2O2S/c1-13-5-6-16(23-13)12-20(9-10-21)17(22)19-8-7-14-3-2-4-15(18)11-14/h2-6,11,21H,7-10,12H2,1H3,(H,19,22). The Morgan fingerprint density at radius 1 is 1.35 bits per heavy atom. The lowest BCUT2D eigenvalue weighted by atomic mass is 10.1. The van der Waals surface area contributed by atoms with E-state index in [1.807, 2.05) is 25.1 Å². The second kappa shape index (κ2) is 8.64. The Balaban J connectivity index is 1.85. The Labute approximate surface area is 139 Å². The number of carbonyl (C=O) groups is 1. The van der Waals surface area contributed by atoms with Crippen LogP contribution < -0.4 is 5.32 Å². The molecule has 0 fully saturated rings. The Morgan fingerprint density at radius 3 is 2.83 bits per heavy atom. The number of urea groups is 1. The van der Waals surface area contributed by atoms with Crippen molar-refractivity contribution in [3.8, 4) is 0 Å². The number of halogens is 1. The van der Waals surface area contributed by atoms with E-state index in [0.29, 0.717) is 19.5 Å². The molecule has 0 saturated carbocycles. The van der Waals surface area contributed by atoms with Crippen LogP contribution in [0.4, 0.5) is 9.18 Å². The van der Waals surface area contributed by atoms with Gasteiger partial charge in [0.25, 0.3) is 0 Å². The second-order valence-corrected chi connectivity index (χ2v) is 6.64. The molecule has 124 valence electrons. The van der Waals surface area contributed by atoms with Crippen LogP contribution in [0.3, 0.4) is 0 Å². The first-order chi connectivity index (χ1) is 11.1. The number of amides is 2. The summed E-state index contributed by atoms with van der Waals surface area (Å²) in [5.41, 5.74) is 0.841. The van der Waals surface area contributed by atoms with Crippen molar-refractivity contribution in [2.45, 2.75) is 19.9 Å². The zero-order valence-corrected chi connectivity index (χ0v) is 13.9. The lowest BCUT2D eigenvalue weighted by molar-refractivity contribution is 0.175. The van der Waals surface area contributed by atoms with Gasteiger partial charge in [-0.15, -0.1) is 11.3 Å². The predicted octanol–water partition coefficient (Wildman–Crippen LogP) is 2.94. The van der Waals surface area contributed by atoms with E-state index < -0.39 is 0 Å². The Morgan fingerprint density at radius 2 is 2.17 bits per heavy atom. The Hall–Kier alpha value is -1.92. The molecule has 0 bridgehead atoms. The summed E-state index contributed by atoms with van der Waals surface area (Å²) in [6.45, 7) is 3.12. The number of aliphatic hydroxyl groups is 1. The number of hydrogen-bond donors (Lipinski definition) is 2. The highest BCUT2D eigenvalue weighted by molar-refractivity contribution is 7.11. The molecule has 2 amide bonds. The zero-order chi connectivity index (χ0) is 16.7. The van der Waals surface area contributed by atoms with Crippen LogP contribution in [-0.2, 0) is 13.0 Å². The molecule has 1 aromatic carbocycles. The summed E-state index contributed by atoms with van der Waals surface area (Å²) in [5.74, 6) is -0.274. The summed E-state index contributed by atoms with van der Waals surface area (Å²) in [6.07, 6.45) is 0.564. The molecule has 4 nitrogen and oxygen atoms in total. The summed E-state index contributed by atoms with van der Waals surface area (Å²) in [7, 11) is 0. The van der Waals surface area contributed by atoms with Gasteiger partial charge in [-0.2, -0.15) is 0 Å². The number of benzene rings is 1. The van der Waals surface area contributed by atoms with Crippen molar-refractivity contribution in [2.75, 3.05) is 19.7 Å². The van der Waals surface area contributed by atoms with Crippen LogP contribution in [0, 0.1) is 12.7 Å². The molecule has 0 atom stereocenters. The number of thiophene rings is 1. The van der Waals surface area contributed by atoms with Crippen LogP contribution in [0.1, 0.15) is 15.3 Å². The van der Waals surface area contributed by atoms with E-state index in [1.165, 1.54) is 17.0 Å². The van der Waals surface area contributed by atoms with Crippen LogP contribution in [-0.4, -0.2) is 35.7 Å². The highest BCUT2D eigenvalue weighted by Gasteiger charge is 2.13. The summed E-state index contributed by atoms with van der Waals surface area (Å²) in [4.78, 5) is 16.1. The molecule has 0 aliphatic carbocycles. The molecule has 0 radical (unpaired) electrons. The Bertz CT molecular complexity index is 645. The molecule has 0 aliphatic rings. The minimum Gasteiger partial charge on any atom is -0.395 e. The molecule has 0 aliphatic heterocycles. The van der Waals surface area contributed by atoms with Gasteiger partial charge in [-0.1, -0.05) is 12.1 Å². The maximum atomic E-state index is 13.1. The van der Waals surface area contributed by atoms with Crippen molar-refractivity contribution < 1.29 is 14.3 Å². The first kappa shape index (κ1) is 17.4. The van der Waals surface area contributed by atoms with E-state index in [0.717, 1.165) is 10.4 Å². The van der Waals surface area contributed by atoms with Gasteiger partial charge in [-0.25, -0.2) is 9.18 Å². The van der Waals surface area contributed by atoms with Crippen LogP contribution in [0.2, 0.25) is 0 Å². The normalized spacial score (nSPS) is 10.6. The van der Waals surface area contributed by atoms with E-state index in [1.54, 1.807) is 22.3 Å². The fourth-order valence-electron chi connectivity index (χ4n) is 2.25. The van der Waals surface area contributed by atoms with Gasteiger partial charge in [0.15, 0.2) is 0 Å². The van der Waals surface area contributed by atoms with Crippen molar-refractivity contribution in [2.24, 2.45) is 0 Å². The molecule has 1 heterocycles. The number of rotatable bonds is 7. The molecule has 0 spiro atoms. The maximum Gasteiger partial charge on any atom is 0.317 e. The van der Waals surface area contributed by atoms with Crippen LogP contribution in [0.15, 0.2) is 36.4 Å². The average Bonchev–Trinajstić information content (AvgIpc) is 2.92. The van der Waals surface area contributed by atoms with Gasteiger partial charge in [-0.05, 0) is 43.2 Å². The number of aliphatic hydroxyl groups excluding tert-OH is 1. The van der Waals surface area contributed by atoms with E-state index in [4.69, 9.17) is 5.11 Å². The quantitative estimate of drug-likeness (QED) is 0.817. The van der Waals surface area contributed by atoms with Gasteiger partial charge in [0.1, 0.15) is 5.82 Å². The van der Waals surface area contributed by atoms with Gasteiger partial charge in [0.2, 0.25) is 0 Å². The number of nitrogens with zero attached hydrogens (tertiary/aromatic N) is 1. The number of carbonyl (C=O) groups excluding carboxylic acids is 1. The summed E-state index contributed by atoms with van der Waals surface area (Å²) >= 11 is 1.64. The van der Waals surface area contributed by atoms with Gasteiger partial charge in [0.05, 0.1) is 13.2 Å². The number of hydrogen-bond acceptors (Lipinski definition) is 3. The van der Waals surface area contributed by atoms with E-state index in [-0.39, 0.29) is 25.0 Å². The fourth-order valence-corrected chi connectivity index (χ4v) is 3.16. The van der Waals surface area contributed by atoms with Crippen LogP contribution in [0.25, 0.3) is 0 Å². The summed E-state index contributed by atoms with van der Waals surface area (Å²) in [5, 5.41) is 12.0. The Kier molecular flexibility index (Phi) is 6.55. The maximum absolute atomic E-state index is 13.1. The van der Waals surface area contributed by atoms with E-state index in [9.17, 15) is 9.18 Å². The highest BCUT2D eigenvalue weighted by Crippen LogP contribution is 2.17. The average molecular weight is 336 g/mol. The predicted molar refractivity (Wildman–Crippen MR) is 90.1 cm³/mol. The summed E-state index contributed by atoms with van der Waals surface area (Å²) in [6, 6.07) is 10.1. The van der Waals surface area contributed by atoms with Crippen LogP contribution >= 0.6 is 11.3 Å². The molecule has 0 saturated heterocycles. The second-order valence-electron chi connectivity index (χ2n) is 5.27. The third-order valence-electron chi connectivity index (χ3n) is 3.38. The lowest BCUT2D eigenvalue weighted by Crippen LogP contribution is -2.41. The molecule has 6 heteroatoms. The largest absolute Gasteiger partial charge is 0.395 e. The SMILES string of the molecule is Cc1ccc(CN(CCO)C(=O)NCCc2cccc(F)c2)s1. The molecule has 0 unspecified atom stereocenters. The van der Waals surface area contributed by atoms with Gasteiger partial charge < -0.3 is 15.3 Å². The first-order valence-electron chi connectivity index (χ1n) is 7.52. The summed E-state index contributed by atoms with van der Waals surface area (Å²) < 4.78 is 13.1. The first-order valence-corrected chi connectivity index (χ1v) is 8.33. The van der Waals surface area contributed by atoms with Crippen molar-refractivity contribution in [3.05, 3.63) is 57.5 Å². The molecular weight excluding hydrogens is 315 g/mol. The van der Waals surface area contributed by atoms with Gasteiger partial charge in [0, 0.05) is 22.8 Å². The minimum absolute atomic E-state index is 0.0817. The van der Waals surface area contributed by atoms with Crippen molar-refractivity contribution in [3.63, 3.8) is 0 Å². The number of aryl methyl sites for hydroxylation is 1. The van der Waals surface area contributed by atoms with Gasteiger partial charge in [-0.3, -0.25) is 0 Å². The monoisotopic (exact) mass is 336 g/mol. The van der Waals surface area contributed by atoms with Crippen molar-refractivity contribution >= 4 is 17.4 Å². The van der Waals surface area contributed by atoms with E-state index in [2.05, 4.69) is 5.32 Å². The van der Waals surface area contributed by atoms with Crippen LogP contribution in [0.5, 0.6) is 0 Å². The smallest absolute Gasteiger partial charge is 0.317 e. The fraction of sp³-hybridized carbons (Fsp3) is 0.353. The zero-order valence-electron chi connectivity index (χ0n) is 13.1. The lowest BCUT2D eigenvalue weighted by Gasteiger charge is -2.21. The third-order valence-corrected chi connectivity index (χ3v) is 4.36. The third kappa shape index (κ3) is 5.65. The van der Waals surface area contributed by atoms with Gasteiger partial charge >= 0.3 is 6.03 Å². The molecule has 2 N–H and O–H groups in total. The highest BCUT2D eigenvalue weighted by atomic mass is 32.1. The molecule has 2 aromatic rings. The molecule has 1 aromatic heterocycles. The number of nitrogens with one attached hydrogen (secondary N) is 1. The molecule has 23 heavy (non-hydrogen) atoms. The van der Waals surface area contributed by atoms with E-state index >= 15 is 0 Å². The van der Waals surface area contributed by atoms with Crippen molar-refractivity contribution in [1.82, 2.24) is 10.2 Å². The molecule has 2 rings (SSSR count). The minimum atomic E-state index is -0.274. The van der Waals surface area contributed by atoms with Crippen molar-refractivity contribution in [1.29, 1.82) is 0 Å².